The van der Waals surface area contributed by atoms with E-state index < -0.39 is 0 Å². The third kappa shape index (κ3) is 3.74. The minimum absolute atomic E-state index is 0.504. The molecule has 0 aromatic carbocycles. The second-order valence-electron chi connectivity index (χ2n) is 4.96. The Hall–Kier alpha value is -0.120. The molecule has 3 nitrogen and oxygen atoms in total. The Labute approximate surface area is 93.2 Å². The molecule has 1 N–H and O–H groups in total. The minimum atomic E-state index is 0.504. The van der Waals surface area contributed by atoms with Crippen LogP contribution in [-0.4, -0.2) is 49.8 Å². The van der Waals surface area contributed by atoms with E-state index in [0.29, 0.717) is 12.1 Å². The van der Waals surface area contributed by atoms with Crippen molar-refractivity contribution in [3.05, 3.63) is 0 Å². The molecule has 0 aromatic rings. The van der Waals surface area contributed by atoms with Gasteiger partial charge < -0.3 is 10.1 Å². The van der Waals surface area contributed by atoms with Crippen molar-refractivity contribution in [2.24, 2.45) is 0 Å². The Morgan fingerprint density at radius 2 is 2.27 bits per heavy atom. The number of rotatable bonds is 2. The highest BCUT2D eigenvalue weighted by Crippen LogP contribution is 2.14. The molecule has 0 spiro atoms. The molecule has 2 atom stereocenters. The van der Waals surface area contributed by atoms with Crippen LogP contribution in [0.2, 0.25) is 0 Å². The van der Waals surface area contributed by atoms with Gasteiger partial charge in [0.2, 0.25) is 0 Å². The average molecular weight is 212 g/mol. The molecule has 2 aliphatic heterocycles. The fourth-order valence-electron chi connectivity index (χ4n) is 2.60. The maximum Gasteiger partial charge on any atom is 0.0702 e. The van der Waals surface area contributed by atoms with E-state index in [2.05, 4.69) is 17.1 Å². The van der Waals surface area contributed by atoms with Crippen LogP contribution in [0, 0.1) is 0 Å². The van der Waals surface area contributed by atoms with E-state index >= 15 is 0 Å². The first kappa shape index (κ1) is 11.4. The fourth-order valence-corrected chi connectivity index (χ4v) is 2.60. The smallest absolute Gasteiger partial charge is 0.0702 e. The van der Waals surface area contributed by atoms with E-state index in [1.54, 1.807) is 0 Å². The molecule has 88 valence electrons. The summed E-state index contributed by atoms with van der Waals surface area (Å²) in [6.07, 6.45) is 5.65. The Morgan fingerprint density at radius 3 is 3.07 bits per heavy atom. The van der Waals surface area contributed by atoms with E-state index in [1.807, 2.05) is 0 Å². The highest BCUT2D eigenvalue weighted by molar-refractivity contribution is 4.76. The largest absolute Gasteiger partial charge is 0.377 e. The van der Waals surface area contributed by atoms with Crippen molar-refractivity contribution in [1.29, 1.82) is 0 Å². The maximum atomic E-state index is 5.79. The second kappa shape index (κ2) is 5.83. The first-order chi connectivity index (χ1) is 7.34. The van der Waals surface area contributed by atoms with Gasteiger partial charge in [0.05, 0.1) is 6.10 Å². The van der Waals surface area contributed by atoms with Gasteiger partial charge in [-0.15, -0.1) is 0 Å². The zero-order valence-electron chi connectivity index (χ0n) is 9.87. The third-order valence-corrected chi connectivity index (χ3v) is 3.41. The molecule has 2 aliphatic rings. The van der Waals surface area contributed by atoms with Gasteiger partial charge in [0.15, 0.2) is 0 Å². The number of nitrogens with zero attached hydrogens (tertiary/aromatic N) is 1. The molecule has 0 saturated carbocycles. The summed E-state index contributed by atoms with van der Waals surface area (Å²) in [5.41, 5.74) is 0. The predicted octanol–water partition coefficient (Wildman–Crippen LogP) is 1.24. The highest BCUT2D eigenvalue weighted by Gasteiger charge is 2.20. The maximum absolute atomic E-state index is 5.79. The molecule has 2 saturated heterocycles. The van der Waals surface area contributed by atoms with Gasteiger partial charge in [0.25, 0.3) is 0 Å². The summed E-state index contributed by atoms with van der Waals surface area (Å²) >= 11 is 0. The van der Waals surface area contributed by atoms with Crippen LogP contribution < -0.4 is 5.32 Å². The summed E-state index contributed by atoms with van der Waals surface area (Å²) in [7, 11) is 0. The normalized spacial score (nSPS) is 35.0. The summed E-state index contributed by atoms with van der Waals surface area (Å²) in [5.74, 6) is 0. The lowest BCUT2D eigenvalue weighted by atomic mass is 10.1. The van der Waals surface area contributed by atoms with Crippen LogP contribution in [0.3, 0.4) is 0 Å². The quantitative estimate of drug-likeness (QED) is 0.745. The number of nitrogens with one attached hydrogen (secondary N) is 1. The topological polar surface area (TPSA) is 24.5 Å². The molecule has 0 radical (unpaired) electrons. The molecule has 15 heavy (non-hydrogen) atoms. The van der Waals surface area contributed by atoms with Crippen LogP contribution in [0.15, 0.2) is 0 Å². The van der Waals surface area contributed by atoms with E-state index in [0.717, 1.165) is 13.2 Å². The van der Waals surface area contributed by atoms with Crippen molar-refractivity contribution in [3.8, 4) is 0 Å². The molecule has 2 fully saturated rings. The van der Waals surface area contributed by atoms with E-state index in [4.69, 9.17) is 4.74 Å². The molecule has 0 aliphatic carbocycles. The van der Waals surface area contributed by atoms with Gasteiger partial charge in [-0.05, 0) is 45.7 Å². The van der Waals surface area contributed by atoms with Crippen LogP contribution in [0.1, 0.15) is 32.6 Å². The zero-order valence-corrected chi connectivity index (χ0v) is 9.87. The molecular formula is C12H24N2O. The minimum Gasteiger partial charge on any atom is -0.377 e. The van der Waals surface area contributed by atoms with Crippen molar-refractivity contribution < 1.29 is 4.74 Å². The zero-order chi connectivity index (χ0) is 10.5. The van der Waals surface area contributed by atoms with Crippen LogP contribution >= 0.6 is 0 Å². The summed E-state index contributed by atoms with van der Waals surface area (Å²) in [6, 6.07) is 0.635. The van der Waals surface area contributed by atoms with Gasteiger partial charge in [-0.25, -0.2) is 0 Å². The van der Waals surface area contributed by atoms with Crippen molar-refractivity contribution in [2.45, 2.75) is 44.8 Å². The Bertz CT molecular complexity index is 180. The molecule has 2 rings (SSSR count). The monoisotopic (exact) mass is 212 g/mol. The number of ether oxygens (including phenoxy) is 1. The highest BCUT2D eigenvalue weighted by atomic mass is 16.5. The van der Waals surface area contributed by atoms with Gasteiger partial charge in [-0.1, -0.05) is 0 Å². The lowest BCUT2D eigenvalue weighted by Crippen LogP contribution is -2.40. The summed E-state index contributed by atoms with van der Waals surface area (Å²) in [4.78, 5) is 2.57. The number of hydrogen-bond acceptors (Lipinski definition) is 3. The molecule has 2 unspecified atom stereocenters. The van der Waals surface area contributed by atoms with Crippen LogP contribution in [0.5, 0.6) is 0 Å². The molecule has 0 aromatic heterocycles. The Kier molecular flexibility index (Phi) is 4.42. The third-order valence-electron chi connectivity index (χ3n) is 3.41. The van der Waals surface area contributed by atoms with E-state index in [-0.39, 0.29) is 0 Å². The fraction of sp³-hybridized carbons (Fsp3) is 1.00. The van der Waals surface area contributed by atoms with E-state index in [9.17, 15) is 0 Å². The lowest BCUT2D eigenvalue weighted by molar-refractivity contribution is -0.00561. The van der Waals surface area contributed by atoms with E-state index in [1.165, 1.54) is 45.3 Å². The average Bonchev–Trinajstić information content (AvgIpc) is 2.44. The standard InChI is InChI=1S/C12H24N2O/c1-11-9-14(7-4-6-13-11)10-12-5-2-3-8-15-12/h11-13H,2-10H2,1H3. The SMILES string of the molecule is CC1CN(CC2CCCCO2)CCCN1. The summed E-state index contributed by atoms with van der Waals surface area (Å²) in [5, 5.41) is 3.53. The van der Waals surface area contributed by atoms with Crippen molar-refractivity contribution in [2.75, 3.05) is 32.8 Å². The predicted molar refractivity (Wildman–Crippen MR) is 62.1 cm³/mol. The van der Waals surface area contributed by atoms with Crippen LogP contribution in [0.25, 0.3) is 0 Å². The second-order valence-corrected chi connectivity index (χ2v) is 4.96. The summed E-state index contributed by atoms with van der Waals surface area (Å²) < 4.78 is 5.79. The van der Waals surface area contributed by atoms with Crippen molar-refractivity contribution in [3.63, 3.8) is 0 Å². The molecule has 2 heterocycles. The van der Waals surface area contributed by atoms with Gasteiger partial charge in [-0.2, -0.15) is 0 Å². The van der Waals surface area contributed by atoms with Crippen LogP contribution in [-0.2, 0) is 4.74 Å². The van der Waals surface area contributed by atoms with Crippen LogP contribution in [0.4, 0.5) is 0 Å². The number of hydrogen-bond donors (Lipinski definition) is 1. The van der Waals surface area contributed by atoms with Crippen molar-refractivity contribution >= 4 is 0 Å². The molecule has 0 amide bonds. The lowest BCUT2D eigenvalue weighted by Gasteiger charge is -2.29. The first-order valence-electron chi connectivity index (χ1n) is 6.42. The van der Waals surface area contributed by atoms with Gasteiger partial charge in [0, 0.05) is 25.7 Å². The Balaban J connectivity index is 1.76. The molecular weight excluding hydrogens is 188 g/mol. The van der Waals surface area contributed by atoms with Gasteiger partial charge >= 0.3 is 0 Å². The van der Waals surface area contributed by atoms with Crippen molar-refractivity contribution in [1.82, 2.24) is 10.2 Å². The molecule has 3 heteroatoms. The summed E-state index contributed by atoms with van der Waals surface area (Å²) in [6.45, 7) is 7.98. The first-order valence-corrected chi connectivity index (χ1v) is 6.42. The molecule has 0 bridgehead atoms. The van der Waals surface area contributed by atoms with Gasteiger partial charge in [-0.3, -0.25) is 4.90 Å². The Morgan fingerprint density at radius 1 is 1.33 bits per heavy atom. The van der Waals surface area contributed by atoms with Gasteiger partial charge in [0.1, 0.15) is 0 Å².